The highest BCUT2D eigenvalue weighted by atomic mass is 32.2. The average molecular weight is 570 g/mol. The largest absolute Gasteiger partial charge is 0.451 e. The van der Waals surface area contributed by atoms with E-state index in [4.69, 9.17) is 4.42 Å². The Morgan fingerprint density at radius 1 is 1.00 bits per heavy atom. The van der Waals surface area contributed by atoms with E-state index >= 15 is 0 Å². The van der Waals surface area contributed by atoms with Crippen molar-refractivity contribution in [2.75, 3.05) is 18.1 Å². The average Bonchev–Trinajstić information content (AvgIpc) is 3.43. The van der Waals surface area contributed by atoms with Crippen molar-refractivity contribution in [3.8, 4) is 11.3 Å². The third kappa shape index (κ3) is 8.17. The summed E-state index contributed by atoms with van der Waals surface area (Å²) in [5.41, 5.74) is 1.25. The lowest BCUT2D eigenvalue weighted by Crippen LogP contribution is -2.51. The summed E-state index contributed by atoms with van der Waals surface area (Å²) < 4.78 is 42.7. The van der Waals surface area contributed by atoms with Crippen LogP contribution in [0.4, 0.5) is 10.1 Å². The van der Waals surface area contributed by atoms with Crippen molar-refractivity contribution < 1.29 is 26.8 Å². The minimum atomic E-state index is -3.27. The summed E-state index contributed by atoms with van der Waals surface area (Å²) in [6, 6.07) is 14.5. The smallest absolute Gasteiger partial charge is 0.287 e. The van der Waals surface area contributed by atoms with E-state index in [9.17, 15) is 22.4 Å². The number of rotatable bonds is 11. The SMILES string of the molecule is C[C@@H](CNc1ccc(S(C)(=O)=O)cc1)NC(=O)[C@H](CC1CCCCC1)NC(=O)c1ccc(-c2cccc(F)c2)o1. The van der Waals surface area contributed by atoms with Crippen LogP contribution in [0.1, 0.15) is 56.0 Å². The zero-order chi connectivity index (χ0) is 28.7. The van der Waals surface area contributed by atoms with Crippen LogP contribution in [0.15, 0.2) is 70.0 Å². The molecule has 2 atom stereocenters. The molecule has 40 heavy (non-hydrogen) atoms. The molecule has 214 valence electrons. The van der Waals surface area contributed by atoms with Crippen LogP contribution in [-0.2, 0) is 14.6 Å². The van der Waals surface area contributed by atoms with Gasteiger partial charge in [0.25, 0.3) is 5.91 Å². The fraction of sp³-hybridized carbons (Fsp3) is 0.400. The molecule has 8 nitrogen and oxygen atoms in total. The van der Waals surface area contributed by atoms with E-state index in [-0.39, 0.29) is 22.6 Å². The molecule has 0 unspecified atom stereocenters. The third-order valence-corrected chi connectivity index (χ3v) is 8.27. The van der Waals surface area contributed by atoms with E-state index in [2.05, 4.69) is 16.0 Å². The number of hydrogen-bond acceptors (Lipinski definition) is 6. The fourth-order valence-corrected chi connectivity index (χ4v) is 5.59. The first-order valence-electron chi connectivity index (χ1n) is 13.6. The summed E-state index contributed by atoms with van der Waals surface area (Å²) in [5, 5.41) is 9.04. The van der Waals surface area contributed by atoms with Crippen LogP contribution in [-0.4, -0.2) is 45.1 Å². The number of nitrogens with one attached hydrogen (secondary N) is 3. The normalized spacial score (nSPS) is 15.7. The summed E-state index contributed by atoms with van der Waals surface area (Å²) in [6.45, 7) is 2.26. The Morgan fingerprint density at radius 3 is 2.40 bits per heavy atom. The summed E-state index contributed by atoms with van der Waals surface area (Å²) in [5.74, 6) is -0.437. The highest BCUT2D eigenvalue weighted by Crippen LogP contribution is 2.28. The van der Waals surface area contributed by atoms with Crippen LogP contribution >= 0.6 is 0 Å². The van der Waals surface area contributed by atoms with Crippen molar-refractivity contribution in [1.29, 1.82) is 0 Å². The van der Waals surface area contributed by atoms with Gasteiger partial charge < -0.3 is 20.4 Å². The second kappa shape index (κ2) is 13.1. The van der Waals surface area contributed by atoms with Crippen molar-refractivity contribution in [2.45, 2.75) is 62.4 Å². The minimum Gasteiger partial charge on any atom is -0.451 e. The molecule has 0 bridgehead atoms. The molecule has 3 N–H and O–H groups in total. The molecule has 0 radical (unpaired) electrons. The maximum absolute atomic E-state index is 13.6. The van der Waals surface area contributed by atoms with E-state index in [1.54, 1.807) is 30.3 Å². The molecule has 2 aromatic carbocycles. The molecule has 0 spiro atoms. The molecule has 0 aliphatic heterocycles. The molecule has 4 rings (SSSR count). The minimum absolute atomic E-state index is 0.0490. The van der Waals surface area contributed by atoms with Gasteiger partial charge in [-0.1, -0.05) is 44.2 Å². The van der Waals surface area contributed by atoms with E-state index in [1.165, 1.54) is 36.8 Å². The number of anilines is 1. The molecule has 1 aliphatic rings. The first kappa shape index (κ1) is 29.3. The van der Waals surface area contributed by atoms with Gasteiger partial charge in [-0.05, 0) is 67.8 Å². The molecule has 1 heterocycles. The quantitative estimate of drug-likeness (QED) is 0.293. The summed E-state index contributed by atoms with van der Waals surface area (Å²) >= 11 is 0. The van der Waals surface area contributed by atoms with Crippen molar-refractivity contribution >= 4 is 27.3 Å². The lowest BCUT2D eigenvalue weighted by Gasteiger charge is -2.27. The third-order valence-electron chi connectivity index (χ3n) is 7.14. The van der Waals surface area contributed by atoms with E-state index < -0.39 is 27.6 Å². The van der Waals surface area contributed by atoms with Crippen molar-refractivity contribution in [2.24, 2.45) is 5.92 Å². The monoisotopic (exact) mass is 569 g/mol. The molecule has 1 fully saturated rings. The van der Waals surface area contributed by atoms with Crippen LogP contribution in [0.25, 0.3) is 11.3 Å². The van der Waals surface area contributed by atoms with Gasteiger partial charge in [-0.25, -0.2) is 12.8 Å². The number of carbonyl (C=O) groups excluding carboxylic acids is 2. The van der Waals surface area contributed by atoms with E-state index in [0.717, 1.165) is 37.6 Å². The number of halogens is 1. The van der Waals surface area contributed by atoms with Crippen molar-refractivity contribution in [3.63, 3.8) is 0 Å². The van der Waals surface area contributed by atoms with Gasteiger partial charge in [-0.3, -0.25) is 9.59 Å². The number of benzene rings is 2. The van der Waals surface area contributed by atoms with Crippen LogP contribution in [0.3, 0.4) is 0 Å². The van der Waals surface area contributed by atoms with Crippen LogP contribution in [0.2, 0.25) is 0 Å². The predicted octanol–water partition coefficient (Wildman–Crippen LogP) is 5.17. The summed E-state index contributed by atoms with van der Waals surface area (Å²) in [7, 11) is -3.27. The Balaban J connectivity index is 1.38. The number of carbonyl (C=O) groups is 2. The molecule has 0 saturated heterocycles. The molecule has 10 heteroatoms. The van der Waals surface area contributed by atoms with Gasteiger partial charge >= 0.3 is 0 Å². The maximum atomic E-state index is 13.6. The van der Waals surface area contributed by atoms with Gasteiger partial charge in [0.2, 0.25) is 5.91 Å². The topological polar surface area (TPSA) is 118 Å². The van der Waals surface area contributed by atoms with Crippen LogP contribution in [0, 0.1) is 11.7 Å². The maximum Gasteiger partial charge on any atom is 0.287 e. The second-order valence-electron chi connectivity index (χ2n) is 10.5. The number of amides is 2. The van der Waals surface area contributed by atoms with Gasteiger partial charge in [0.15, 0.2) is 15.6 Å². The zero-order valence-electron chi connectivity index (χ0n) is 22.8. The molecular formula is C30H36FN3O5S. The van der Waals surface area contributed by atoms with E-state index in [0.29, 0.717) is 30.2 Å². The van der Waals surface area contributed by atoms with Gasteiger partial charge in [0.1, 0.15) is 17.6 Å². The highest BCUT2D eigenvalue weighted by Gasteiger charge is 2.28. The Bertz CT molecular complexity index is 1420. The predicted molar refractivity (Wildman–Crippen MR) is 152 cm³/mol. The summed E-state index contributed by atoms with van der Waals surface area (Å²) in [6.07, 6.45) is 7.13. The van der Waals surface area contributed by atoms with Crippen LogP contribution < -0.4 is 16.0 Å². The number of sulfone groups is 1. The lowest BCUT2D eigenvalue weighted by molar-refractivity contribution is -0.124. The Labute approximate surface area is 234 Å². The standard InChI is InChI=1S/C30H36FN3O5S/c1-20(19-32-24-11-13-25(14-12-24)40(2,37)38)33-29(35)26(17-21-7-4-3-5-8-21)34-30(36)28-16-15-27(39-28)22-9-6-10-23(31)18-22/h6,9-16,18,20-21,26,32H,3-5,7-8,17,19H2,1-2H3,(H,33,35)(H,34,36)/t20-,26-/m0/s1. The first-order valence-corrected chi connectivity index (χ1v) is 15.5. The molecule has 1 aliphatic carbocycles. The highest BCUT2D eigenvalue weighted by molar-refractivity contribution is 7.90. The van der Waals surface area contributed by atoms with Gasteiger partial charge in [0.05, 0.1) is 4.90 Å². The first-order chi connectivity index (χ1) is 19.1. The molecule has 1 aromatic heterocycles. The van der Waals surface area contributed by atoms with Gasteiger partial charge in [0, 0.05) is 30.1 Å². The molecular weight excluding hydrogens is 533 g/mol. The van der Waals surface area contributed by atoms with Crippen molar-refractivity contribution in [3.05, 3.63) is 72.2 Å². The Hall–Kier alpha value is -3.66. The number of hydrogen-bond donors (Lipinski definition) is 3. The lowest BCUT2D eigenvalue weighted by atomic mass is 9.84. The Kier molecular flexibility index (Phi) is 9.63. The second-order valence-corrected chi connectivity index (χ2v) is 12.5. The van der Waals surface area contributed by atoms with Gasteiger partial charge in [-0.2, -0.15) is 0 Å². The fourth-order valence-electron chi connectivity index (χ4n) is 4.96. The van der Waals surface area contributed by atoms with Crippen LogP contribution in [0.5, 0.6) is 0 Å². The Morgan fingerprint density at radius 2 is 1.73 bits per heavy atom. The summed E-state index contributed by atoms with van der Waals surface area (Å²) in [4.78, 5) is 26.7. The number of furan rings is 1. The molecule has 1 saturated carbocycles. The van der Waals surface area contributed by atoms with Gasteiger partial charge in [-0.15, -0.1) is 0 Å². The van der Waals surface area contributed by atoms with Crippen molar-refractivity contribution in [1.82, 2.24) is 10.6 Å². The molecule has 2 amide bonds. The molecule has 3 aromatic rings. The van der Waals surface area contributed by atoms with E-state index in [1.807, 2.05) is 6.92 Å². The zero-order valence-corrected chi connectivity index (χ0v) is 23.6.